The van der Waals surface area contributed by atoms with Gasteiger partial charge in [0.25, 0.3) is 0 Å². The minimum absolute atomic E-state index is 0. The number of para-hydroxylation sites is 1. The smallest absolute Gasteiger partial charge is 0.115 e. The van der Waals surface area contributed by atoms with Gasteiger partial charge in [-0.05, 0) is 23.6 Å². The van der Waals surface area contributed by atoms with Gasteiger partial charge in [0.1, 0.15) is 6.33 Å². The molecule has 0 saturated carbocycles. The molecule has 0 unspecified atom stereocenters. The third-order valence-corrected chi connectivity index (χ3v) is 6.27. The SMILES string of the molecule is Cc1nc2c[c-]c(-c3nncn3-c3c(-c4ccccc4)cccc3-c3ccccc3)cc2n1C.[Ir]. The Morgan fingerprint density at radius 3 is 2.06 bits per heavy atom. The second-order valence-corrected chi connectivity index (χ2v) is 8.29. The maximum Gasteiger partial charge on any atom is 0.115 e. The topological polar surface area (TPSA) is 48.5 Å². The van der Waals surface area contributed by atoms with Crippen molar-refractivity contribution in [2.45, 2.75) is 6.92 Å². The Kier molecular flexibility index (Phi) is 6.16. The Morgan fingerprint density at radius 1 is 0.800 bits per heavy atom. The molecule has 0 saturated heterocycles. The van der Waals surface area contributed by atoms with Crippen molar-refractivity contribution in [2.75, 3.05) is 0 Å². The standard InChI is InChI=1S/C29H22N5.Ir/c1-20-31-26-17-16-23(18-27(26)33(20)2)29-32-30-19-34(29)28-24(21-10-5-3-6-11-21)14-9-15-25(28)22-12-7-4-8-13-22;/h3-15,17-19H,1-2H3;/q-1;. The van der Waals surface area contributed by atoms with E-state index < -0.39 is 0 Å². The summed E-state index contributed by atoms with van der Waals surface area (Å²) < 4.78 is 4.16. The van der Waals surface area contributed by atoms with Crippen molar-refractivity contribution in [3.8, 4) is 39.3 Å². The van der Waals surface area contributed by atoms with Gasteiger partial charge in [-0.3, -0.25) is 4.98 Å². The Morgan fingerprint density at radius 2 is 1.43 bits per heavy atom. The van der Waals surface area contributed by atoms with Crippen LogP contribution in [0.5, 0.6) is 0 Å². The zero-order chi connectivity index (χ0) is 23.1. The fourth-order valence-electron chi connectivity index (χ4n) is 4.47. The van der Waals surface area contributed by atoms with Crippen molar-refractivity contribution in [3.05, 3.63) is 109 Å². The molecular formula is C29H22IrN5-. The van der Waals surface area contributed by atoms with Crippen molar-refractivity contribution < 1.29 is 20.1 Å². The molecule has 1 radical (unpaired) electrons. The predicted octanol–water partition coefficient (Wildman–Crippen LogP) is 6.26. The van der Waals surface area contributed by atoms with Crippen LogP contribution in [0.2, 0.25) is 0 Å². The van der Waals surface area contributed by atoms with Crippen LogP contribution in [-0.2, 0) is 27.2 Å². The molecule has 0 aliphatic rings. The number of hydrogen-bond donors (Lipinski definition) is 0. The molecule has 0 N–H and O–H groups in total. The van der Waals surface area contributed by atoms with Crippen molar-refractivity contribution >= 4 is 11.0 Å². The van der Waals surface area contributed by atoms with E-state index >= 15 is 0 Å². The van der Waals surface area contributed by atoms with Gasteiger partial charge in [-0.15, -0.1) is 28.9 Å². The molecule has 6 aromatic rings. The van der Waals surface area contributed by atoms with Gasteiger partial charge in [-0.2, -0.15) is 5.10 Å². The Balaban J connectivity index is 0.00000253. The van der Waals surface area contributed by atoms with Crippen LogP contribution >= 0.6 is 0 Å². The van der Waals surface area contributed by atoms with Gasteiger partial charge in [0.15, 0.2) is 0 Å². The molecular weight excluding hydrogens is 611 g/mol. The molecule has 0 atom stereocenters. The van der Waals surface area contributed by atoms with Gasteiger partial charge in [-0.1, -0.05) is 78.9 Å². The molecule has 0 amide bonds. The first-order chi connectivity index (χ1) is 16.7. The van der Waals surface area contributed by atoms with Crippen LogP contribution in [0, 0.1) is 13.0 Å². The maximum atomic E-state index is 4.61. The second-order valence-electron chi connectivity index (χ2n) is 8.29. The average molecular weight is 633 g/mol. The second kappa shape index (κ2) is 9.41. The van der Waals surface area contributed by atoms with Crippen LogP contribution in [0.25, 0.3) is 50.4 Å². The number of nitrogens with zero attached hydrogens (tertiary/aromatic N) is 5. The summed E-state index contributed by atoms with van der Waals surface area (Å²) in [7, 11) is 2.03. The number of aryl methyl sites for hydroxylation is 2. The molecule has 0 aliphatic carbocycles. The van der Waals surface area contributed by atoms with Crippen molar-refractivity contribution in [2.24, 2.45) is 7.05 Å². The molecule has 6 heteroatoms. The number of fused-ring (bicyclic) bond motifs is 1. The molecule has 0 bridgehead atoms. The van der Waals surface area contributed by atoms with E-state index in [4.69, 9.17) is 0 Å². The van der Waals surface area contributed by atoms with Gasteiger partial charge in [0, 0.05) is 43.8 Å². The summed E-state index contributed by atoms with van der Waals surface area (Å²) >= 11 is 0. The monoisotopic (exact) mass is 633 g/mol. The molecule has 2 aromatic heterocycles. The van der Waals surface area contributed by atoms with Gasteiger partial charge < -0.3 is 9.13 Å². The minimum Gasteiger partial charge on any atom is -0.349 e. The molecule has 0 fully saturated rings. The van der Waals surface area contributed by atoms with Crippen LogP contribution < -0.4 is 0 Å². The van der Waals surface area contributed by atoms with Crippen molar-refractivity contribution in [3.63, 3.8) is 0 Å². The summed E-state index contributed by atoms with van der Waals surface area (Å²) in [5, 5.41) is 8.85. The molecule has 35 heavy (non-hydrogen) atoms. The summed E-state index contributed by atoms with van der Waals surface area (Å²) in [4.78, 5) is 4.61. The summed E-state index contributed by atoms with van der Waals surface area (Å²) in [5.41, 5.74) is 8.36. The molecule has 0 spiro atoms. The van der Waals surface area contributed by atoms with Crippen molar-refractivity contribution in [1.82, 2.24) is 24.3 Å². The Bertz CT molecular complexity index is 1560. The van der Waals surface area contributed by atoms with Crippen LogP contribution in [0.3, 0.4) is 0 Å². The predicted molar refractivity (Wildman–Crippen MR) is 136 cm³/mol. The largest absolute Gasteiger partial charge is 0.349 e. The van der Waals surface area contributed by atoms with E-state index in [2.05, 4.69) is 103 Å². The zero-order valence-electron chi connectivity index (χ0n) is 19.3. The summed E-state index contributed by atoms with van der Waals surface area (Å²) in [6.45, 7) is 2.00. The van der Waals surface area contributed by atoms with Gasteiger partial charge in [-0.25, -0.2) is 0 Å². The van der Waals surface area contributed by atoms with Crippen LogP contribution in [0.15, 0.2) is 97.3 Å². The van der Waals surface area contributed by atoms with E-state index in [1.807, 2.05) is 32.2 Å². The maximum absolute atomic E-state index is 4.61. The Labute approximate surface area is 217 Å². The van der Waals surface area contributed by atoms with E-state index in [1.165, 1.54) is 0 Å². The molecule has 0 aliphatic heterocycles. The van der Waals surface area contributed by atoms with E-state index in [0.29, 0.717) is 0 Å². The summed E-state index contributed by atoms with van der Waals surface area (Å²) in [6.07, 6.45) is 1.79. The number of rotatable bonds is 4. The van der Waals surface area contributed by atoms with Gasteiger partial charge in [0.05, 0.1) is 17.3 Å². The number of hydrogen-bond acceptors (Lipinski definition) is 3. The Hall–Kier alpha value is -3.86. The molecule has 173 valence electrons. The first-order valence-electron chi connectivity index (χ1n) is 11.2. The zero-order valence-corrected chi connectivity index (χ0v) is 21.7. The van der Waals surface area contributed by atoms with Crippen molar-refractivity contribution in [1.29, 1.82) is 0 Å². The number of benzene rings is 4. The first kappa shape index (κ1) is 22.9. The average Bonchev–Trinajstić information content (AvgIpc) is 3.49. The fourth-order valence-corrected chi connectivity index (χ4v) is 4.47. The van der Waals surface area contributed by atoms with Gasteiger partial charge in [0.2, 0.25) is 0 Å². The van der Waals surface area contributed by atoms with Gasteiger partial charge >= 0.3 is 0 Å². The van der Waals surface area contributed by atoms with E-state index in [0.717, 1.165) is 56.2 Å². The minimum atomic E-state index is 0. The van der Waals surface area contributed by atoms with Crippen LogP contribution in [-0.4, -0.2) is 24.3 Å². The number of aromatic nitrogens is 5. The molecule has 5 nitrogen and oxygen atoms in total. The molecule has 4 aromatic carbocycles. The van der Waals surface area contributed by atoms with E-state index in [-0.39, 0.29) is 20.1 Å². The summed E-state index contributed by atoms with van der Waals surface area (Å²) in [6, 6.07) is 34.7. The number of imidazole rings is 1. The van der Waals surface area contributed by atoms with Crippen LogP contribution in [0.4, 0.5) is 0 Å². The first-order valence-corrected chi connectivity index (χ1v) is 11.2. The van der Waals surface area contributed by atoms with E-state index in [9.17, 15) is 0 Å². The van der Waals surface area contributed by atoms with Crippen LogP contribution in [0.1, 0.15) is 5.82 Å². The van der Waals surface area contributed by atoms with E-state index in [1.54, 1.807) is 6.33 Å². The third kappa shape index (κ3) is 4.01. The molecule has 2 heterocycles. The molecule has 6 rings (SSSR count). The summed E-state index contributed by atoms with van der Waals surface area (Å²) in [5.74, 6) is 1.70. The fraction of sp³-hybridized carbons (Fsp3) is 0.0690. The third-order valence-electron chi connectivity index (χ3n) is 6.27. The normalized spacial score (nSPS) is 10.9. The quantitative estimate of drug-likeness (QED) is 0.216.